The van der Waals surface area contributed by atoms with Gasteiger partial charge in [-0.05, 0) is 38.3 Å². The van der Waals surface area contributed by atoms with E-state index in [-0.39, 0.29) is 17.9 Å². The molecule has 7 heteroatoms. The Balaban J connectivity index is 0.00000200. The van der Waals surface area contributed by atoms with Crippen molar-refractivity contribution in [1.29, 1.82) is 0 Å². The standard InChI is InChI=1S/C13H22N2O2S2.ClH/c1-10-8-11(2)18-12(10)19(16,17)15-9-13(14)6-4-3-5-7-13;/h8,15H,3-7,9,14H2,1-2H3;1H. The summed E-state index contributed by atoms with van der Waals surface area (Å²) in [4.78, 5) is 1.01. The van der Waals surface area contributed by atoms with Gasteiger partial charge in [-0.15, -0.1) is 23.7 Å². The summed E-state index contributed by atoms with van der Waals surface area (Å²) in [6.45, 7) is 4.09. The molecule has 0 atom stereocenters. The van der Waals surface area contributed by atoms with Gasteiger partial charge in [0.1, 0.15) is 4.21 Å². The van der Waals surface area contributed by atoms with E-state index in [9.17, 15) is 8.42 Å². The van der Waals surface area contributed by atoms with Gasteiger partial charge in [-0.3, -0.25) is 0 Å². The summed E-state index contributed by atoms with van der Waals surface area (Å²) in [7, 11) is -3.42. The molecule has 0 saturated heterocycles. The quantitative estimate of drug-likeness (QED) is 0.886. The van der Waals surface area contributed by atoms with Crippen molar-refractivity contribution < 1.29 is 8.42 Å². The van der Waals surface area contributed by atoms with Gasteiger partial charge >= 0.3 is 0 Å². The highest BCUT2D eigenvalue weighted by Gasteiger charge is 2.30. The Morgan fingerprint density at radius 1 is 1.30 bits per heavy atom. The van der Waals surface area contributed by atoms with E-state index in [2.05, 4.69) is 4.72 Å². The van der Waals surface area contributed by atoms with Gasteiger partial charge < -0.3 is 5.73 Å². The summed E-state index contributed by atoms with van der Waals surface area (Å²) in [6.07, 6.45) is 5.19. The first-order valence-electron chi connectivity index (χ1n) is 6.68. The Morgan fingerprint density at radius 3 is 2.40 bits per heavy atom. The molecule has 1 aromatic rings. The fourth-order valence-corrected chi connectivity index (χ4v) is 5.47. The number of nitrogens with one attached hydrogen (secondary N) is 1. The molecule has 0 aromatic carbocycles. The Bertz CT molecular complexity index is 549. The first-order chi connectivity index (χ1) is 8.82. The van der Waals surface area contributed by atoms with E-state index in [0.29, 0.717) is 10.8 Å². The summed E-state index contributed by atoms with van der Waals surface area (Å²) < 4.78 is 27.7. The SMILES string of the molecule is Cc1cc(C)c(S(=O)(=O)NCC2(N)CCCCC2)s1.Cl. The number of hydrogen-bond donors (Lipinski definition) is 2. The van der Waals surface area contributed by atoms with Gasteiger partial charge in [0, 0.05) is 17.0 Å². The molecule has 1 aliphatic rings. The van der Waals surface area contributed by atoms with E-state index in [4.69, 9.17) is 5.73 Å². The molecule has 1 heterocycles. The second-order valence-corrected chi connectivity index (χ2v) is 8.79. The maximum atomic E-state index is 12.3. The molecule has 4 nitrogen and oxygen atoms in total. The van der Waals surface area contributed by atoms with Gasteiger partial charge in [0.05, 0.1) is 0 Å². The molecule has 1 saturated carbocycles. The minimum absolute atomic E-state index is 0. The Morgan fingerprint density at radius 2 is 1.90 bits per heavy atom. The minimum Gasteiger partial charge on any atom is -0.324 e. The van der Waals surface area contributed by atoms with E-state index < -0.39 is 10.0 Å². The van der Waals surface area contributed by atoms with E-state index in [1.165, 1.54) is 17.8 Å². The molecule has 1 aromatic heterocycles. The zero-order valence-corrected chi connectivity index (χ0v) is 14.4. The van der Waals surface area contributed by atoms with Crippen molar-refractivity contribution in [3.05, 3.63) is 16.5 Å². The summed E-state index contributed by atoms with van der Waals surface area (Å²) in [5.74, 6) is 0. The molecule has 3 N–H and O–H groups in total. The highest BCUT2D eigenvalue weighted by atomic mass is 35.5. The largest absolute Gasteiger partial charge is 0.324 e. The van der Waals surface area contributed by atoms with Crippen molar-refractivity contribution in [3.8, 4) is 0 Å². The highest BCUT2D eigenvalue weighted by Crippen LogP contribution is 2.28. The van der Waals surface area contributed by atoms with Crippen LogP contribution in [0.1, 0.15) is 42.5 Å². The van der Waals surface area contributed by atoms with Crippen LogP contribution in [-0.4, -0.2) is 20.5 Å². The maximum Gasteiger partial charge on any atom is 0.250 e. The average Bonchev–Trinajstić information content (AvgIpc) is 2.68. The molecule has 2 rings (SSSR count). The van der Waals surface area contributed by atoms with Crippen molar-refractivity contribution in [2.45, 2.75) is 55.7 Å². The summed E-state index contributed by atoms with van der Waals surface area (Å²) >= 11 is 1.32. The third-order valence-corrected chi connectivity index (χ3v) is 6.89. The predicted molar refractivity (Wildman–Crippen MR) is 86.2 cm³/mol. The van der Waals surface area contributed by atoms with Crippen LogP contribution in [0.3, 0.4) is 0 Å². The van der Waals surface area contributed by atoms with Crippen molar-refractivity contribution in [3.63, 3.8) is 0 Å². The zero-order valence-electron chi connectivity index (χ0n) is 11.9. The van der Waals surface area contributed by atoms with Crippen molar-refractivity contribution in [2.75, 3.05) is 6.54 Å². The topological polar surface area (TPSA) is 72.2 Å². The van der Waals surface area contributed by atoms with Crippen LogP contribution in [0.25, 0.3) is 0 Å². The summed E-state index contributed by atoms with van der Waals surface area (Å²) in [6, 6.07) is 1.90. The molecule has 0 spiro atoms. The molecule has 0 unspecified atom stereocenters. The van der Waals surface area contributed by atoms with Crippen molar-refractivity contribution in [1.82, 2.24) is 4.72 Å². The lowest BCUT2D eigenvalue weighted by atomic mass is 9.83. The van der Waals surface area contributed by atoms with Crippen LogP contribution in [0.2, 0.25) is 0 Å². The number of nitrogens with two attached hydrogens (primary N) is 1. The van der Waals surface area contributed by atoms with Crippen molar-refractivity contribution >= 4 is 33.8 Å². The lowest BCUT2D eigenvalue weighted by Gasteiger charge is -2.33. The molecule has 0 bridgehead atoms. The smallest absolute Gasteiger partial charge is 0.250 e. The lowest BCUT2D eigenvalue weighted by molar-refractivity contribution is 0.296. The number of halogens is 1. The van der Waals surface area contributed by atoms with E-state index >= 15 is 0 Å². The van der Waals surface area contributed by atoms with Crippen LogP contribution in [-0.2, 0) is 10.0 Å². The van der Waals surface area contributed by atoms with E-state index in [1.54, 1.807) is 0 Å². The van der Waals surface area contributed by atoms with Crippen LogP contribution < -0.4 is 10.5 Å². The minimum atomic E-state index is -3.42. The third kappa shape index (κ3) is 4.18. The lowest BCUT2D eigenvalue weighted by Crippen LogP contribution is -2.51. The molecule has 0 aliphatic heterocycles. The van der Waals surface area contributed by atoms with Gasteiger partial charge in [0.25, 0.3) is 0 Å². The molecule has 20 heavy (non-hydrogen) atoms. The van der Waals surface area contributed by atoms with E-state index in [0.717, 1.165) is 36.1 Å². The van der Waals surface area contributed by atoms with Crippen molar-refractivity contribution in [2.24, 2.45) is 5.73 Å². The van der Waals surface area contributed by atoms with Crippen LogP contribution in [0.4, 0.5) is 0 Å². The number of thiophene rings is 1. The maximum absolute atomic E-state index is 12.3. The number of sulfonamides is 1. The summed E-state index contributed by atoms with van der Waals surface area (Å²) in [5.41, 5.74) is 6.70. The first-order valence-corrected chi connectivity index (χ1v) is 8.98. The molecule has 0 radical (unpaired) electrons. The van der Waals surface area contributed by atoms with Crippen LogP contribution in [0, 0.1) is 13.8 Å². The predicted octanol–water partition coefficient (Wildman–Crippen LogP) is 2.73. The van der Waals surface area contributed by atoms with Crippen LogP contribution in [0.5, 0.6) is 0 Å². The first kappa shape index (κ1) is 17.9. The molecular weight excluding hydrogens is 316 g/mol. The monoisotopic (exact) mass is 338 g/mol. The molecular formula is C13H23ClN2O2S2. The van der Waals surface area contributed by atoms with Gasteiger partial charge in [0.15, 0.2) is 0 Å². The molecule has 1 aliphatic carbocycles. The zero-order chi connectivity index (χ0) is 14.1. The number of rotatable bonds is 4. The molecule has 116 valence electrons. The highest BCUT2D eigenvalue weighted by molar-refractivity contribution is 7.91. The van der Waals surface area contributed by atoms with Crippen LogP contribution >= 0.6 is 23.7 Å². The Labute approximate surface area is 131 Å². The third-order valence-electron chi connectivity index (χ3n) is 3.70. The fourth-order valence-electron chi connectivity index (χ4n) is 2.62. The second kappa shape index (κ2) is 6.75. The Hall–Kier alpha value is -0.140. The molecule has 1 fully saturated rings. The average molecular weight is 339 g/mol. The fraction of sp³-hybridized carbons (Fsp3) is 0.692. The second-order valence-electron chi connectivity index (χ2n) is 5.58. The van der Waals surface area contributed by atoms with E-state index in [1.807, 2.05) is 19.9 Å². The van der Waals surface area contributed by atoms with Gasteiger partial charge in [-0.25, -0.2) is 13.1 Å². The normalized spacial score (nSPS) is 18.6. The number of aryl methyl sites for hydroxylation is 2. The van der Waals surface area contributed by atoms with Gasteiger partial charge in [-0.2, -0.15) is 0 Å². The number of hydrogen-bond acceptors (Lipinski definition) is 4. The molecule has 0 amide bonds. The van der Waals surface area contributed by atoms with Gasteiger partial charge in [0.2, 0.25) is 10.0 Å². The Kier molecular flexibility index (Phi) is 6.04. The van der Waals surface area contributed by atoms with Crippen LogP contribution in [0.15, 0.2) is 10.3 Å². The summed E-state index contributed by atoms with van der Waals surface area (Å²) in [5, 5.41) is 0. The van der Waals surface area contributed by atoms with Gasteiger partial charge in [-0.1, -0.05) is 19.3 Å².